The molecule has 0 radical (unpaired) electrons. The Balaban J connectivity index is 1.82. The summed E-state index contributed by atoms with van der Waals surface area (Å²) in [6, 6.07) is 15.6. The molecule has 5 nitrogen and oxygen atoms in total. The van der Waals surface area contributed by atoms with Crippen molar-refractivity contribution >= 4 is 17.8 Å². The van der Waals surface area contributed by atoms with Crippen LogP contribution in [0.25, 0.3) is 0 Å². The molecule has 0 aliphatic carbocycles. The van der Waals surface area contributed by atoms with Gasteiger partial charge in [-0.3, -0.25) is 10.2 Å². The van der Waals surface area contributed by atoms with Crippen molar-refractivity contribution in [2.45, 2.75) is 18.9 Å². The Morgan fingerprint density at radius 1 is 1.28 bits per heavy atom. The number of rotatable bonds is 6. The number of ether oxygens (including phenoxy) is 1. The number of benzene rings is 2. The van der Waals surface area contributed by atoms with Crippen molar-refractivity contribution in [1.82, 2.24) is 4.90 Å². The summed E-state index contributed by atoms with van der Waals surface area (Å²) in [5, 5.41) is 12.1. The lowest BCUT2D eigenvalue weighted by Crippen LogP contribution is -2.41. The highest BCUT2D eigenvalue weighted by Gasteiger charge is 2.20. The van der Waals surface area contributed by atoms with E-state index in [1.807, 2.05) is 48.5 Å². The van der Waals surface area contributed by atoms with Gasteiger partial charge in [0.15, 0.2) is 0 Å². The summed E-state index contributed by atoms with van der Waals surface area (Å²) < 4.78 is 5.27. The molecule has 0 bridgehead atoms. The average Bonchev–Trinajstić information content (AvgIpc) is 2.68. The van der Waals surface area contributed by atoms with E-state index in [-0.39, 0.29) is 6.04 Å². The predicted molar refractivity (Wildman–Crippen MR) is 99.6 cm³/mol. The summed E-state index contributed by atoms with van der Waals surface area (Å²) in [7, 11) is 1.63. The van der Waals surface area contributed by atoms with Gasteiger partial charge < -0.3 is 15.0 Å². The monoisotopic (exact) mass is 337 g/mol. The molecule has 3 rings (SSSR count). The van der Waals surface area contributed by atoms with E-state index in [2.05, 4.69) is 5.32 Å². The molecule has 1 fully saturated rings. The normalized spacial score (nSPS) is 17.0. The molecule has 1 aliphatic heterocycles. The van der Waals surface area contributed by atoms with Crippen molar-refractivity contribution < 1.29 is 9.53 Å². The maximum atomic E-state index is 11.0. The van der Waals surface area contributed by atoms with Gasteiger partial charge in [0.1, 0.15) is 5.75 Å². The number of piperidine rings is 1. The van der Waals surface area contributed by atoms with Crippen LogP contribution in [0.5, 0.6) is 5.75 Å². The first kappa shape index (κ1) is 17.0. The molecule has 1 saturated heterocycles. The van der Waals surface area contributed by atoms with Crippen molar-refractivity contribution in [3.05, 3.63) is 59.7 Å². The Morgan fingerprint density at radius 2 is 2.12 bits per heavy atom. The van der Waals surface area contributed by atoms with Crippen LogP contribution in [0, 0.1) is 5.41 Å². The average molecular weight is 337 g/mol. The second-order valence-electron chi connectivity index (χ2n) is 6.24. The van der Waals surface area contributed by atoms with Gasteiger partial charge in [-0.05, 0) is 31.0 Å². The van der Waals surface area contributed by atoms with Crippen LogP contribution in [0.4, 0.5) is 5.69 Å². The number of methoxy groups -OCH3 is 1. The highest BCUT2D eigenvalue weighted by atomic mass is 16.5. The first-order valence-corrected chi connectivity index (χ1v) is 8.49. The first-order valence-electron chi connectivity index (χ1n) is 8.49. The van der Waals surface area contributed by atoms with Crippen molar-refractivity contribution in [3.63, 3.8) is 0 Å². The zero-order valence-electron chi connectivity index (χ0n) is 14.4. The van der Waals surface area contributed by atoms with Crippen LogP contribution in [-0.4, -0.2) is 43.3 Å². The number of hydrogen-bond acceptors (Lipinski definition) is 4. The van der Waals surface area contributed by atoms with Crippen molar-refractivity contribution in [3.8, 4) is 5.75 Å². The second-order valence-corrected chi connectivity index (χ2v) is 6.24. The Morgan fingerprint density at radius 3 is 2.92 bits per heavy atom. The van der Waals surface area contributed by atoms with Gasteiger partial charge in [0.2, 0.25) is 6.41 Å². The standard InChI is InChI=1S/C20H23N3O2/c1-25-17-8-4-6-15(12-17)20(21)18-9-2-3-10-19(18)22-16-7-5-11-23(13-16)14-24/h2-4,6,8-10,12,14,16,21-22H,5,7,11,13H2,1H3. The van der Waals surface area contributed by atoms with E-state index >= 15 is 0 Å². The maximum Gasteiger partial charge on any atom is 0.209 e. The minimum Gasteiger partial charge on any atom is -0.497 e. The van der Waals surface area contributed by atoms with E-state index in [0.717, 1.165) is 48.4 Å². The minimum atomic E-state index is 0.207. The molecule has 0 saturated carbocycles. The number of likely N-dealkylation sites (tertiary alicyclic amines) is 1. The van der Waals surface area contributed by atoms with Gasteiger partial charge in [-0.1, -0.05) is 30.3 Å². The summed E-state index contributed by atoms with van der Waals surface area (Å²) in [4.78, 5) is 12.8. The summed E-state index contributed by atoms with van der Waals surface area (Å²) in [5.41, 5.74) is 3.03. The number of nitrogens with zero attached hydrogens (tertiary/aromatic N) is 1. The second kappa shape index (κ2) is 7.83. The van der Waals surface area contributed by atoms with Crippen LogP contribution < -0.4 is 10.1 Å². The molecule has 5 heteroatoms. The van der Waals surface area contributed by atoms with Crippen LogP contribution in [0.1, 0.15) is 24.0 Å². The Hall–Kier alpha value is -2.82. The van der Waals surface area contributed by atoms with Gasteiger partial charge in [-0.2, -0.15) is 0 Å². The molecule has 1 unspecified atom stereocenters. The lowest BCUT2D eigenvalue weighted by Gasteiger charge is -2.31. The number of nitrogens with one attached hydrogen (secondary N) is 2. The molecule has 2 aromatic rings. The lowest BCUT2D eigenvalue weighted by molar-refractivity contribution is -0.119. The number of hydrogen-bond donors (Lipinski definition) is 2. The fourth-order valence-corrected chi connectivity index (χ4v) is 3.20. The molecule has 1 aliphatic rings. The number of amides is 1. The Kier molecular flexibility index (Phi) is 5.33. The van der Waals surface area contributed by atoms with E-state index in [1.165, 1.54) is 0 Å². The van der Waals surface area contributed by atoms with Crippen LogP contribution >= 0.6 is 0 Å². The molecule has 1 amide bonds. The SMILES string of the molecule is COc1cccc(C(=N)c2ccccc2NC2CCCN(C=O)C2)c1. The van der Waals surface area contributed by atoms with E-state index in [0.29, 0.717) is 12.3 Å². The van der Waals surface area contributed by atoms with E-state index in [9.17, 15) is 4.79 Å². The van der Waals surface area contributed by atoms with Crippen LogP contribution in [-0.2, 0) is 4.79 Å². The summed E-state index contributed by atoms with van der Waals surface area (Å²) in [5.74, 6) is 0.738. The van der Waals surface area contributed by atoms with Gasteiger partial charge in [-0.25, -0.2) is 0 Å². The van der Waals surface area contributed by atoms with Gasteiger partial charge >= 0.3 is 0 Å². The topological polar surface area (TPSA) is 65.4 Å². The summed E-state index contributed by atoms with van der Waals surface area (Å²) in [6.07, 6.45) is 2.93. The van der Waals surface area contributed by atoms with E-state index in [1.54, 1.807) is 12.0 Å². The first-order chi connectivity index (χ1) is 12.2. The molecule has 1 heterocycles. The minimum absolute atomic E-state index is 0.207. The Labute approximate surface area is 148 Å². The molecular weight excluding hydrogens is 314 g/mol. The third-order valence-corrected chi connectivity index (χ3v) is 4.52. The number of carbonyl (C=O) groups excluding carboxylic acids is 1. The third kappa shape index (κ3) is 3.99. The fraction of sp³-hybridized carbons (Fsp3) is 0.300. The lowest BCUT2D eigenvalue weighted by atomic mass is 9.99. The van der Waals surface area contributed by atoms with Gasteiger partial charge in [0.05, 0.1) is 12.8 Å². The zero-order chi connectivity index (χ0) is 17.6. The molecule has 1 atom stereocenters. The number of para-hydroxylation sites is 1. The summed E-state index contributed by atoms with van der Waals surface area (Å²) >= 11 is 0. The zero-order valence-corrected chi connectivity index (χ0v) is 14.4. The van der Waals surface area contributed by atoms with Crippen molar-refractivity contribution in [1.29, 1.82) is 5.41 Å². The van der Waals surface area contributed by atoms with Crippen LogP contribution in [0.15, 0.2) is 48.5 Å². The van der Waals surface area contributed by atoms with E-state index < -0.39 is 0 Å². The summed E-state index contributed by atoms with van der Waals surface area (Å²) in [6.45, 7) is 1.52. The molecule has 2 N–H and O–H groups in total. The maximum absolute atomic E-state index is 11.0. The fourth-order valence-electron chi connectivity index (χ4n) is 3.20. The van der Waals surface area contributed by atoms with Crippen LogP contribution in [0.2, 0.25) is 0 Å². The largest absolute Gasteiger partial charge is 0.497 e. The quantitative estimate of drug-likeness (QED) is 0.629. The molecule has 25 heavy (non-hydrogen) atoms. The van der Waals surface area contributed by atoms with Crippen LogP contribution in [0.3, 0.4) is 0 Å². The third-order valence-electron chi connectivity index (χ3n) is 4.52. The van der Waals surface area contributed by atoms with Gasteiger partial charge in [0, 0.05) is 35.9 Å². The molecule has 130 valence electrons. The van der Waals surface area contributed by atoms with E-state index in [4.69, 9.17) is 10.1 Å². The van der Waals surface area contributed by atoms with Gasteiger partial charge in [0.25, 0.3) is 0 Å². The molecular formula is C20H23N3O2. The highest BCUT2D eigenvalue weighted by Crippen LogP contribution is 2.24. The predicted octanol–water partition coefficient (Wildman–Crippen LogP) is 3.14. The molecule has 0 spiro atoms. The van der Waals surface area contributed by atoms with Gasteiger partial charge in [-0.15, -0.1) is 0 Å². The number of carbonyl (C=O) groups is 1. The molecule has 0 aromatic heterocycles. The van der Waals surface area contributed by atoms with Crippen molar-refractivity contribution in [2.75, 3.05) is 25.5 Å². The molecule has 2 aromatic carbocycles. The highest BCUT2D eigenvalue weighted by molar-refractivity contribution is 6.14. The smallest absolute Gasteiger partial charge is 0.209 e. The Bertz CT molecular complexity index is 760. The van der Waals surface area contributed by atoms with Crippen molar-refractivity contribution in [2.24, 2.45) is 0 Å². The number of anilines is 1.